The number of aryl methyl sites for hydroxylation is 1. The van der Waals surface area contributed by atoms with E-state index >= 15 is 0 Å². The molecule has 0 spiro atoms. The lowest BCUT2D eigenvalue weighted by Gasteiger charge is -2.25. The van der Waals surface area contributed by atoms with Crippen LogP contribution in [-0.4, -0.2) is 22.7 Å². The number of nitrogens with one attached hydrogen (secondary N) is 2. The molecule has 0 aliphatic heterocycles. The average molecular weight is 341 g/mol. The van der Waals surface area contributed by atoms with Gasteiger partial charge in [0.25, 0.3) is 0 Å². The van der Waals surface area contributed by atoms with Crippen molar-refractivity contribution >= 4 is 22.5 Å². The molecule has 0 fully saturated rings. The van der Waals surface area contributed by atoms with Crippen molar-refractivity contribution < 1.29 is 5.11 Å². The first-order chi connectivity index (χ1) is 11.7. The Bertz CT molecular complexity index is 858. The molecular formula is C20H21ClN2O. The van der Waals surface area contributed by atoms with Crippen LogP contribution < -0.4 is 5.32 Å². The number of aliphatic hydroxyl groups is 1. The van der Waals surface area contributed by atoms with Crippen molar-refractivity contribution in [1.82, 2.24) is 10.3 Å². The number of fused-ring (bicyclic) bond motifs is 3. The van der Waals surface area contributed by atoms with Crippen LogP contribution in [0.2, 0.25) is 5.02 Å². The van der Waals surface area contributed by atoms with Crippen LogP contribution in [0, 0.1) is 0 Å². The normalized spacial score (nSPS) is 18.5. The van der Waals surface area contributed by atoms with Crippen molar-refractivity contribution in [3.8, 4) is 0 Å². The number of hydrogen-bond donors (Lipinski definition) is 3. The molecule has 1 aliphatic carbocycles. The van der Waals surface area contributed by atoms with Crippen molar-refractivity contribution in [3.63, 3.8) is 0 Å². The van der Waals surface area contributed by atoms with Gasteiger partial charge < -0.3 is 15.4 Å². The summed E-state index contributed by atoms with van der Waals surface area (Å²) in [5, 5.41) is 15.9. The molecule has 124 valence electrons. The molecule has 2 unspecified atom stereocenters. The highest BCUT2D eigenvalue weighted by molar-refractivity contribution is 6.30. The van der Waals surface area contributed by atoms with Crippen LogP contribution in [0.5, 0.6) is 0 Å². The standard InChI is InChI=1S/C20H21ClN2O/c21-14-5-3-4-13(10-14)20(24)12-22-15-8-9-19-17(11-15)16-6-1-2-7-18(16)23-19/h1-7,10,15,20,22-24H,8-9,11-12H2. The zero-order valence-electron chi connectivity index (χ0n) is 13.4. The molecule has 0 saturated carbocycles. The SMILES string of the molecule is OC(CNC1CCc2[nH]c3ccccc3c2C1)c1cccc(Cl)c1. The zero-order valence-corrected chi connectivity index (χ0v) is 14.2. The van der Waals surface area contributed by atoms with Crippen molar-refractivity contribution in [1.29, 1.82) is 0 Å². The van der Waals surface area contributed by atoms with E-state index in [1.807, 2.05) is 24.3 Å². The molecule has 2 atom stereocenters. The summed E-state index contributed by atoms with van der Waals surface area (Å²) in [6.07, 6.45) is 2.60. The maximum Gasteiger partial charge on any atom is 0.0914 e. The minimum atomic E-state index is -0.534. The molecule has 0 amide bonds. The van der Waals surface area contributed by atoms with Crippen LogP contribution in [0.1, 0.15) is 29.3 Å². The van der Waals surface area contributed by atoms with Crippen molar-refractivity contribution in [2.45, 2.75) is 31.4 Å². The van der Waals surface area contributed by atoms with Crippen LogP contribution in [0.15, 0.2) is 48.5 Å². The molecule has 1 aromatic heterocycles. The number of rotatable bonds is 4. The number of para-hydroxylation sites is 1. The summed E-state index contributed by atoms with van der Waals surface area (Å²) in [6, 6.07) is 16.3. The van der Waals surface area contributed by atoms with Crippen LogP contribution in [-0.2, 0) is 12.8 Å². The summed E-state index contributed by atoms with van der Waals surface area (Å²) < 4.78 is 0. The van der Waals surface area contributed by atoms with Gasteiger partial charge in [0.1, 0.15) is 0 Å². The molecule has 2 aromatic carbocycles. The van der Waals surface area contributed by atoms with Gasteiger partial charge in [-0.1, -0.05) is 41.9 Å². The number of H-pyrrole nitrogens is 1. The molecule has 0 radical (unpaired) electrons. The van der Waals surface area contributed by atoms with Crippen molar-refractivity contribution in [2.24, 2.45) is 0 Å². The summed E-state index contributed by atoms with van der Waals surface area (Å²) in [5.74, 6) is 0. The first-order valence-electron chi connectivity index (χ1n) is 8.46. The Morgan fingerprint density at radius 3 is 2.96 bits per heavy atom. The van der Waals surface area contributed by atoms with E-state index in [4.69, 9.17) is 11.6 Å². The monoisotopic (exact) mass is 340 g/mol. The Morgan fingerprint density at radius 2 is 2.08 bits per heavy atom. The van der Waals surface area contributed by atoms with Gasteiger partial charge in [0.05, 0.1) is 6.10 Å². The Kier molecular flexibility index (Phi) is 4.31. The molecule has 4 rings (SSSR count). The van der Waals surface area contributed by atoms with Crippen LogP contribution >= 0.6 is 11.6 Å². The Hall–Kier alpha value is -1.81. The maximum absolute atomic E-state index is 10.4. The summed E-state index contributed by atoms with van der Waals surface area (Å²) in [4.78, 5) is 3.54. The van der Waals surface area contributed by atoms with Crippen LogP contribution in [0.4, 0.5) is 0 Å². The molecule has 3 N–H and O–H groups in total. The van der Waals surface area contributed by atoms with E-state index in [0.29, 0.717) is 17.6 Å². The quantitative estimate of drug-likeness (QED) is 0.672. The minimum absolute atomic E-state index is 0.394. The number of aliphatic hydroxyl groups excluding tert-OH is 1. The second-order valence-electron chi connectivity index (χ2n) is 6.55. The third-order valence-corrected chi connectivity index (χ3v) is 5.16. The van der Waals surface area contributed by atoms with Gasteiger partial charge in [-0.2, -0.15) is 0 Å². The second-order valence-corrected chi connectivity index (χ2v) is 6.98. The lowest BCUT2D eigenvalue weighted by Crippen LogP contribution is -2.37. The van der Waals surface area contributed by atoms with E-state index in [1.165, 1.54) is 22.2 Å². The number of halogens is 1. The smallest absolute Gasteiger partial charge is 0.0914 e. The van der Waals surface area contributed by atoms with Crippen molar-refractivity contribution in [2.75, 3.05) is 6.54 Å². The summed E-state index contributed by atoms with van der Waals surface area (Å²) in [5.41, 5.74) is 4.87. The molecule has 1 aliphatic rings. The molecular weight excluding hydrogens is 320 g/mol. The first-order valence-corrected chi connectivity index (χ1v) is 8.84. The molecule has 0 saturated heterocycles. The largest absolute Gasteiger partial charge is 0.387 e. The summed E-state index contributed by atoms with van der Waals surface area (Å²) in [6.45, 7) is 0.544. The Labute approximate surface area is 146 Å². The lowest BCUT2D eigenvalue weighted by atomic mass is 9.91. The summed E-state index contributed by atoms with van der Waals surface area (Å²) >= 11 is 6.00. The van der Waals surface area contributed by atoms with Gasteiger partial charge in [0.2, 0.25) is 0 Å². The van der Waals surface area contributed by atoms with Crippen LogP contribution in [0.25, 0.3) is 10.9 Å². The zero-order chi connectivity index (χ0) is 16.5. The highest BCUT2D eigenvalue weighted by Gasteiger charge is 2.22. The highest BCUT2D eigenvalue weighted by atomic mass is 35.5. The number of aromatic nitrogens is 1. The summed E-state index contributed by atoms with van der Waals surface area (Å²) in [7, 11) is 0. The molecule has 3 nitrogen and oxygen atoms in total. The fourth-order valence-corrected chi connectivity index (χ4v) is 3.85. The van der Waals surface area contributed by atoms with E-state index in [9.17, 15) is 5.11 Å². The predicted octanol–water partition coefficient (Wildman–Crippen LogP) is 4.00. The molecule has 4 heteroatoms. The van der Waals surface area contributed by atoms with Gasteiger partial charge >= 0.3 is 0 Å². The Morgan fingerprint density at radius 1 is 1.21 bits per heavy atom. The number of hydrogen-bond acceptors (Lipinski definition) is 2. The number of aromatic amines is 1. The topological polar surface area (TPSA) is 48.0 Å². The van der Waals surface area contributed by atoms with E-state index in [-0.39, 0.29) is 0 Å². The number of benzene rings is 2. The average Bonchev–Trinajstić information content (AvgIpc) is 2.97. The van der Waals surface area contributed by atoms with Gasteiger partial charge in [-0.15, -0.1) is 0 Å². The van der Waals surface area contributed by atoms with Gasteiger partial charge in [-0.25, -0.2) is 0 Å². The molecule has 1 heterocycles. The highest BCUT2D eigenvalue weighted by Crippen LogP contribution is 2.29. The predicted molar refractivity (Wildman–Crippen MR) is 98.5 cm³/mol. The van der Waals surface area contributed by atoms with E-state index in [1.54, 1.807) is 0 Å². The molecule has 24 heavy (non-hydrogen) atoms. The van der Waals surface area contributed by atoms with Crippen LogP contribution in [0.3, 0.4) is 0 Å². The van der Waals surface area contributed by atoms with E-state index in [0.717, 1.165) is 24.8 Å². The molecule has 0 bridgehead atoms. The molecule has 3 aromatic rings. The third kappa shape index (κ3) is 3.07. The second kappa shape index (κ2) is 6.60. The Balaban J connectivity index is 1.43. The minimum Gasteiger partial charge on any atom is -0.387 e. The fourth-order valence-electron chi connectivity index (χ4n) is 3.65. The van der Waals surface area contributed by atoms with Gasteiger partial charge in [0.15, 0.2) is 0 Å². The van der Waals surface area contributed by atoms with Gasteiger partial charge in [-0.05, 0) is 48.6 Å². The van der Waals surface area contributed by atoms with Crippen molar-refractivity contribution in [3.05, 3.63) is 70.4 Å². The lowest BCUT2D eigenvalue weighted by molar-refractivity contribution is 0.168. The third-order valence-electron chi connectivity index (χ3n) is 4.93. The first kappa shape index (κ1) is 15.7. The van der Waals surface area contributed by atoms with Gasteiger partial charge in [-0.3, -0.25) is 0 Å². The maximum atomic E-state index is 10.4. The van der Waals surface area contributed by atoms with Gasteiger partial charge in [0, 0.05) is 34.2 Å². The fraction of sp³-hybridized carbons (Fsp3) is 0.300. The van der Waals surface area contributed by atoms with E-state index < -0.39 is 6.10 Å². The van der Waals surface area contributed by atoms with E-state index in [2.05, 4.69) is 34.6 Å².